The molecule has 2 saturated heterocycles. The maximum absolute atomic E-state index is 11.0. The Hall–Kier alpha value is -1.50. The zero-order valence-electron chi connectivity index (χ0n) is 18.5. The summed E-state index contributed by atoms with van der Waals surface area (Å²) in [6, 6.07) is 0. The largest absolute Gasteiger partial charge is 0.394 e. The number of allylic oxidation sites excluding steroid dienone is 2. The van der Waals surface area contributed by atoms with Crippen LogP contribution in [-0.2, 0) is 14.3 Å². The molecular weight excluding hydrogens is 368 g/mol. The Labute approximate surface area is 176 Å². The number of aliphatic hydroxyl groups excluding tert-OH is 1. The minimum absolute atomic E-state index is 0.148. The van der Waals surface area contributed by atoms with Gasteiger partial charge in [-0.1, -0.05) is 38.8 Å². The number of rotatable bonds is 7. The highest BCUT2D eigenvalue weighted by Crippen LogP contribution is 2.23. The van der Waals surface area contributed by atoms with Gasteiger partial charge in [0.2, 0.25) is 0 Å². The minimum atomic E-state index is -0.249. The second-order valence-corrected chi connectivity index (χ2v) is 7.53. The van der Waals surface area contributed by atoms with Gasteiger partial charge in [-0.3, -0.25) is 14.9 Å². The van der Waals surface area contributed by atoms with Gasteiger partial charge in [0.25, 0.3) is 11.8 Å². The molecule has 1 aliphatic carbocycles. The summed E-state index contributed by atoms with van der Waals surface area (Å²) < 4.78 is 5.26. The van der Waals surface area contributed by atoms with Gasteiger partial charge in [-0.05, 0) is 64.6 Å². The number of likely N-dealkylation sites (tertiary alicyclic amines) is 1. The zero-order chi connectivity index (χ0) is 21.5. The van der Waals surface area contributed by atoms with Crippen LogP contribution >= 0.6 is 0 Å². The van der Waals surface area contributed by atoms with Crippen molar-refractivity contribution >= 4 is 11.8 Å². The second kappa shape index (κ2) is 15.4. The van der Waals surface area contributed by atoms with Crippen molar-refractivity contribution in [2.24, 2.45) is 5.92 Å². The third-order valence-electron chi connectivity index (χ3n) is 5.33. The number of ether oxygens (including phenoxy) is 1. The predicted molar refractivity (Wildman–Crippen MR) is 116 cm³/mol. The smallest absolute Gasteiger partial charge is 0.258 e. The molecular formula is C23H40N2O4. The summed E-state index contributed by atoms with van der Waals surface area (Å²) in [7, 11) is 2.23. The van der Waals surface area contributed by atoms with Crippen molar-refractivity contribution in [1.82, 2.24) is 10.2 Å². The molecule has 0 bridgehead atoms. The van der Waals surface area contributed by atoms with E-state index in [0.717, 1.165) is 31.8 Å². The van der Waals surface area contributed by atoms with Crippen LogP contribution in [0.25, 0.3) is 0 Å². The van der Waals surface area contributed by atoms with E-state index in [9.17, 15) is 9.59 Å². The van der Waals surface area contributed by atoms with E-state index in [-0.39, 0.29) is 18.4 Å². The number of fused-ring (bicyclic) bond motifs is 1. The van der Waals surface area contributed by atoms with Gasteiger partial charge in [0, 0.05) is 17.8 Å². The molecule has 29 heavy (non-hydrogen) atoms. The predicted octanol–water partition coefficient (Wildman–Crippen LogP) is 3.21. The maximum atomic E-state index is 11.0. The number of hydrogen-bond donors (Lipinski definition) is 2. The lowest BCUT2D eigenvalue weighted by molar-refractivity contribution is -0.123. The third kappa shape index (κ3) is 9.70. The summed E-state index contributed by atoms with van der Waals surface area (Å²) in [5.41, 5.74) is 1.11. The molecule has 2 heterocycles. The Morgan fingerprint density at radius 3 is 2.31 bits per heavy atom. The Kier molecular flexibility index (Phi) is 13.5. The number of nitrogens with one attached hydrogen (secondary N) is 1. The summed E-state index contributed by atoms with van der Waals surface area (Å²) in [5, 5.41) is 10.8. The van der Waals surface area contributed by atoms with Gasteiger partial charge in [0.1, 0.15) is 0 Å². The average Bonchev–Trinajstić information content (AvgIpc) is 2.90. The lowest BCUT2D eigenvalue weighted by Crippen LogP contribution is -2.19. The van der Waals surface area contributed by atoms with Crippen molar-refractivity contribution in [2.75, 3.05) is 40.0 Å². The van der Waals surface area contributed by atoms with Crippen LogP contribution in [0.4, 0.5) is 0 Å². The van der Waals surface area contributed by atoms with Crippen LogP contribution in [0.3, 0.4) is 0 Å². The Bertz CT molecular complexity index is 527. The van der Waals surface area contributed by atoms with E-state index in [4.69, 9.17) is 9.84 Å². The summed E-state index contributed by atoms with van der Waals surface area (Å²) in [4.78, 5) is 24.4. The van der Waals surface area contributed by atoms with Crippen molar-refractivity contribution in [3.8, 4) is 0 Å². The molecule has 0 aromatic carbocycles. The van der Waals surface area contributed by atoms with Crippen molar-refractivity contribution in [2.45, 2.75) is 65.2 Å². The normalized spacial score (nSPS) is 21.4. The highest BCUT2D eigenvalue weighted by Gasteiger charge is 2.30. The summed E-state index contributed by atoms with van der Waals surface area (Å²) >= 11 is 0. The van der Waals surface area contributed by atoms with Crippen molar-refractivity contribution < 1.29 is 19.4 Å². The molecule has 2 aliphatic heterocycles. The van der Waals surface area contributed by atoms with Crippen molar-refractivity contribution in [1.29, 1.82) is 0 Å². The minimum Gasteiger partial charge on any atom is -0.394 e. The molecule has 0 saturated carbocycles. The van der Waals surface area contributed by atoms with Gasteiger partial charge in [-0.25, -0.2) is 0 Å². The fraction of sp³-hybridized carbons (Fsp3) is 0.739. The SMILES string of the molecule is CC.CN1CCCC(CCCCOCCO)CC1.O=C1NC(=O)C2=CCCC=C12. The van der Waals surface area contributed by atoms with Gasteiger partial charge in [0.15, 0.2) is 0 Å². The quantitative estimate of drug-likeness (QED) is 0.499. The van der Waals surface area contributed by atoms with Gasteiger partial charge in [-0.15, -0.1) is 0 Å². The fourth-order valence-electron chi connectivity index (χ4n) is 3.74. The lowest BCUT2D eigenvalue weighted by Gasteiger charge is -2.14. The number of hydrogen-bond acceptors (Lipinski definition) is 5. The summed E-state index contributed by atoms with van der Waals surface area (Å²) in [6.45, 7) is 8.00. The first-order valence-corrected chi connectivity index (χ1v) is 11.3. The highest BCUT2D eigenvalue weighted by molar-refractivity contribution is 6.24. The first-order chi connectivity index (χ1) is 14.1. The first kappa shape index (κ1) is 25.5. The molecule has 3 aliphatic rings. The number of nitrogens with zero attached hydrogens (tertiary/aromatic N) is 1. The molecule has 2 N–H and O–H groups in total. The van der Waals surface area contributed by atoms with Gasteiger partial charge >= 0.3 is 0 Å². The molecule has 1 unspecified atom stereocenters. The van der Waals surface area contributed by atoms with Crippen LogP contribution < -0.4 is 5.32 Å². The van der Waals surface area contributed by atoms with Crippen LogP contribution in [0.15, 0.2) is 23.3 Å². The van der Waals surface area contributed by atoms with Crippen LogP contribution in [0.1, 0.15) is 65.2 Å². The monoisotopic (exact) mass is 408 g/mol. The number of amides is 2. The Morgan fingerprint density at radius 1 is 1.03 bits per heavy atom. The van der Waals surface area contributed by atoms with E-state index in [1.807, 2.05) is 26.0 Å². The van der Waals surface area contributed by atoms with Crippen molar-refractivity contribution in [3.05, 3.63) is 23.3 Å². The number of imide groups is 1. The van der Waals surface area contributed by atoms with Crippen LogP contribution in [0.2, 0.25) is 0 Å². The molecule has 0 aromatic heterocycles. The van der Waals surface area contributed by atoms with Gasteiger partial charge < -0.3 is 14.7 Å². The highest BCUT2D eigenvalue weighted by atomic mass is 16.5. The van der Waals surface area contributed by atoms with E-state index in [2.05, 4.69) is 17.3 Å². The van der Waals surface area contributed by atoms with Crippen LogP contribution in [0, 0.1) is 5.92 Å². The van der Waals surface area contributed by atoms with Gasteiger partial charge in [0.05, 0.1) is 13.2 Å². The summed E-state index contributed by atoms with van der Waals surface area (Å²) in [5.74, 6) is 0.435. The molecule has 3 rings (SSSR count). The molecule has 0 aromatic rings. The maximum Gasteiger partial charge on any atom is 0.258 e. The molecule has 2 fully saturated rings. The average molecular weight is 409 g/mol. The molecule has 1 atom stereocenters. The number of carbonyl (C=O) groups excluding carboxylic acids is 2. The third-order valence-corrected chi connectivity index (χ3v) is 5.33. The van der Waals surface area contributed by atoms with E-state index in [1.54, 1.807) is 0 Å². The Balaban J connectivity index is 0.000000280. The standard InChI is InChI=1S/C13H27NO2.C8H7NO2.C2H6/c1-14-8-4-6-13(7-9-14)5-2-3-11-16-12-10-15;10-7-5-3-1-2-4-6(5)8(11)9-7;1-2/h13,15H,2-12H2,1H3;3-4H,1-2H2,(H,9,10,11);1-2H3. The Morgan fingerprint density at radius 2 is 1.69 bits per heavy atom. The van der Waals surface area contributed by atoms with E-state index in [0.29, 0.717) is 17.8 Å². The van der Waals surface area contributed by atoms with E-state index < -0.39 is 0 Å². The molecule has 166 valence electrons. The van der Waals surface area contributed by atoms with Crippen LogP contribution in [-0.4, -0.2) is 61.8 Å². The lowest BCUT2D eigenvalue weighted by atomic mass is 9.95. The van der Waals surface area contributed by atoms with E-state index in [1.165, 1.54) is 45.2 Å². The topological polar surface area (TPSA) is 78.9 Å². The number of aliphatic hydroxyl groups is 1. The van der Waals surface area contributed by atoms with Gasteiger partial charge in [-0.2, -0.15) is 0 Å². The van der Waals surface area contributed by atoms with Crippen molar-refractivity contribution in [3.63, 3.8) is 0 Å². The molecule has 0 spiro atoms. The second-order valence-electron chi connectivity index (χ2n) is 7.53. The molecule has 6 heteroatoms. The molecule has 0 radical (unpaired) electrons. The zero-order valence-corrected chi connectivity index (χ0v) is 18.5. The molecule has 6 nitrogen and oxygen atoms in total. The van der Waals surface area contributed by atoms with Crippen LogP contribution in [0.5, 0.6) is 0 Å². The molecule has 2 amide bonds. The number of carbonyl (C=O) groups is 2. The fourth-order valence-corrected chi connectivity index (χ4v) is 3.74. The first-order valence-electron chi connectivity index (χ1n) is 11.3. The van der Waals surface area contributed by atoms with E-state index >= 15 is 0 Å². The number of unbranched alkanes of at least 4 members (excludes halogenated alkanes) is 1. The summed E-state index contributed by atoms with van der Waals surface area (Å²) in [6.07, 6.45) is 13.3.